The molecule has 0 aliphatic rings. The first kappa shape index (κ1) is 15.1. The predicted molar refractivity (Wildman–Crippen MR) is 76.6 cm³/mol. The smallest absolute Gasteiger partial charge is 0.262 e. The lowest BCUT2D eigenvalue weighted by molar-refractivity contribution is 0.411. The molecule has 0 aliphatic heterocycles. The highest BCUT2D eigenvalue weighted by Crippen LogP contribution is 2.35. The molecule has 0 bridgehead atoms. The molecule has 0 saturated heterocycles. The molecule has 0 aliphatic carbocycles. The number of nitrogens with one attached hydrogen (secondary N) is 1. The van der Waals surface area contributed by atoms with Crippen LogP contribution in [-0.4, -0.2) is 20.6 Å². The van der Waals surface area contributed by atoms with Gasteiger partial charge in [-0.15, -0.1) is 0 Å². The number of hydrogen-bond acceptors (Lipinski definition) is 4. The molecular weight excluding hydrogens is 297 g/mol. The van der Waals surface area contributed by atoms with E-state index in [0.717, 1.165) is 12.1 Å². The van der Waals surface area contributed by atoms with Crippen molar-refractivity contribution in [3.8, 4) is 11.5 Å². The maximum absolute atomic E-state index is 13.1. The van der Waals surface area contributed by atoms with E-state index in [1.165, 1.54) is 38.3 Å². The van der Waals surface area contributed by atoms with Crippen LogP contribution in [0.15, 0.2) is 41.3 Å². The highest BCUT2D eigenvalue weighted by molar-refractivity contribution is 7.92. The summed E-state index contributed by atoms with van der Waals surface area (Å²) in [4.78, 5) is -0.0748. The Morgan fingerprint density at radius 2 is 1.95 bits per heavy atom. The van der Waals surface area contributed by atoms with Crippen LogP contribution in [0, 0.1) is 12.7 Å². The molecule has 2 N–H and O–H groups in total. The lowest BCUT2D eigenvalue weighted by atomic mass is 10.2. The molecule has 112 valence electrons. The summed E-state index contributed by atoms with van der Waals surface area (Å²) < 4.78 is 45.0. The predicted octanol–water partition coefficient (Wildman–Crippen LogP) is 2.65. The summed E-state index contributed by atoms with van der Waals surface area (Å²) >= 11 is 0. The van der Waals surface area contributed by atoms with E-state index >= 15 is 0 Å². The molecule has 0 spiro atoms. The minimum atomic E-state index is -3.97. The number of rotatable bonds is 4. The number of ether oxygens (including phenoxy) is 1. The number of sulfonamides is 1. The second-order valence-electron chi connectivity index (χ2n) is 4.37. The second-order valence-corrected chi connectivity index (χ2v) is 6.02. The summed E-state index contributed by atoms with van der Waals surface area (Å²) in [7, 11) is -2.62. The van der Waals surface area contributed by atoms with E-state index in [-0.39, 0.29) is 27.6 Å². The molecule has 21 heavy (non-hydrogen) atoms. The maximum atomic E-state index is 13.1. The zero-order valence-electron chi connectivity index (χ0n) is 11.4. The fourth-order valence-corrected chi connectivity index (χ4v) is 3.21. The first-order chi connectivity index (χ1) is 9.85. The third-order valence-electron chi connectivity index (χ3n) is 2.89. The monoisotopic (exact) mass is 311 g/mol. The number of hydrogen-bond donors (Lipinski definition) is 2. The summed E-state index contributed by atoms with van der Waals surface area (Å²) in [6, 6.07) is 7.71. The Morgan fingerprint density at radius 3 is 2.57 bits per heavy atom. The van der Waals surface area contributed by atoms with Crippen LogP contribution in [0.5, 0.6) is 11.5 Å². The number of phenols is 1. The number of benzene rings is 2. The van der Waals surface area contributed by atoms with Gasteiger partial charge in [-0.25, -0.2) is 12.8 Å². The van der Waals surface area contributed by atoms with Gasteiger partial charge in [0.1, 0.15) is 23.0 Å². The van der Waals surface area contributed by atoms with E-state index in [2.05, 4.69) is 4.72 Å². The zero-order valence-corrected chi connectivity index (χ0v) is 12.2. The lowest BCUT2D eigenvalue weighted by Gasteiger charge is -2.14. The van der Waals surface area contributed by atoms with Gasteiger partial charge in [0.05, 0.1) is 12.0 Å². The van der Waals surface area contributed by atoms with Crippen LogP contribution in [0.4, 0.5) is 10.1 Å². The summed E-state index contributed by atoms with van der Waals surface area (Å²) in [5.74, 6) is -0.609. The van der Waals surface area contributed by atoms with Gasteiger partial charge in [-0.3, -0.25) is 4.72 Å². The van der Waals surface area contributed by atoms with E-state index in [9.17, 15) is 17.9 Å². The van der Waals surface area contributed by atoms with Crippen molar-refractivity contribution in [2.75, 3.05) is 11.8 Å². The Labute approximate surface area is 122 Å². The van der Waals surface area contributed by atoms with Crippen LogP contribution in [0.2, 0.25) is 0 Å². The largest absolute Gasteiger partial charge is 0.506 e. The second kappa shape index (κ2) is 5.61. The van der Waals surface area contributed by atoms with E-state index in [1.54, 1.807) is 0 Å². The van der Waals surface area contributed by atoms with Gasteiger partial charge in [0.2, 0.25) is 0 Å². The molecule has 0 fully saturated rings. The molecule has 0 heterocycles. The zero-order chi connectivity index (χ0) is 15.6. The number of anilines is 1. The normalized spacial score (nSPS) is 11.2. The molecule has 0 saturated carbocycles. The minimum absolute atomic E-state index is 0.0660. The fraction of sp³-hybridized carbons (Fsp3) is 0.143. The van der Waals surface area contributed by atoms with Crippen molar-refractivity contribution in [3.05, 3.63) is 47.8 Å². The van der Waals surface area contributed by atoms with E-state index in [4.69, 9.17) is 4.74 Å². The van der Waals surface area contributed by atoms with E-state index in [1.807, 2.05) is 0 Å². The summed E-state index contributed by atoms with van der Waals surface area (Å²) in [5, 5.41) is 9.78. The van der Waals surface area contributed by atoms with Crippen molar-refractivity contribution in [1.29, 1.82) is 0 Å². The molecule has 5 nitrogen and oxygen atoms in total. The highest BCUT2D eigenvalue weighted by atomic mass is 32.2. The molecule has 7 heteroatoms. The van der Waals surface area contributed by atoms with Gasteiger partial charge < -0.3 is 9.84 Å². The standard InChI is InChI=1S/C14H14FNO4S/c1-9-8-10(15)6-7-13(9)21(18,19)16-14-11(17)4-3-5-12(14)20-2/h3-8,16-17H,1-2H3. The minimum Gasteiger partial charge on any atom is -0.506 e. The Bertz CT molecular complexity index is 775. The summed E-state index contributed by atoms with van der Waals surface area (Å²) in [6.45, 7) is 1.49. The molecule has 0 atom stereocenters. The van der Waals surface area contributed by atoms with Gasteiger partial charge in [0.15, 0.2) is 0 Å². The third kappa shape index (κ3) is 3.08. The summed E-state index contributed by atoms with van der Waals surface area (Å²) in [6.07, 6.45) is 0. The molecule has 2 aromatic rings. The number of para-hydroxylation sites is 1. The van der Waals surface area contributed by atoms with Crippen molar-refractivity contribution < 1.29 is 22.7 Å². The topological polar surface area (TPSA) is 75.6 Å². The van der Waals surface area contributed by atoms with Crippen molar-refractivity contribution in [2.24, 2.45) is 0 Å². The van der Waals surface area contributed by atoms with Crippen molar-refractivity contribution in [2.45, 2.75) is 11.8 Å². The quantitative estimate of drug-likeness (QED) is 0.851. The first-order valence-electron chi connectivity index (χ1n) is 6.00. The average Bonchev–Trinajstić information content (AvgIpc) is 2.40. The molecule has 0 aromatic heterocycles. The number of phenolic OH excluding ortho intramolecular Hbond substituents is 1. The lowest BCUT2D eigenvalue weighted by Crippen LogP contribution is -2.15. The molecule has 2 aromatic carbocycles. The maximum Gasteiger partial charge on any atom is 0.262 e. The van der Waals surface area contributed by atoms with Crippen molar-refractivity contribution in [3.63, 3.8) is 0 Å². The van der Waals surface area contributed by atoms with Gasteiger partial charge in [-0.05, 0) is 42.8 Å². The van der Waals surface area contributed by atoms with Gasteiger partial charge >= 0.3 is 0 Å². The summed E-state index contributed by atoms with van der Waals surface area (Å²) in [5.41, 5.74) is 0.195. The van der Waals surface area contributed by atoms with Crippen LogP contribution in [0.3, 0.4) is 0 Å². The Morgan fingerprint density at radius 1 is 1.24 bits per heavy atom. The van der Waals surface area contributed by atoms with Gasteiger partial charge in [0, 0.05) is 0 Å². The number of aryl methyl sites for hydroxylation is 1. The van der Waals surface area contributed by atoms with Gasteiger partial charge in [0.25, 0.3) is 10.0 Å². The Hall–Kier alpha value is -2.28. The van der Waals surface area contributed by atoms with E-state index in [0.29, 0.717) is 0 Å². The van der Waals surface area contributed by atoms with Crippen LogP contribution in [-0.2, 0) is 10.0 Å². The van der Waals surface area contributed by atoms with Gasteiger partial charge in [-0.1, -0.05) is 6.07 Å². The Kier molecular flexibility index (Phi) is 4.04. The molecule has 0 amide bonds. The molecule has 0 radical (unpaired) electrons. The van der Waals surface area contributed by atoms with E-state index < -0.39 is 15.8 Å². The van der Waals surface area contributed by atoms with Crippen molar-refractivity contribution in [1.82, 2.24) is 0 Å². The molecule has 0 unspecified atom stereocenters. The van der Waals surface area contributed by atoms with Crippen LogP contribution >= 0.6 is 0 Å². The van der Waals surface area contributed by atoms with Crippen LogP contribution in [0.25, 0.3) is 0 Å². The molecule has 2 rings (SSSR count). The average molecular weight is 311 g/mol. The first-order valence-corrected chi connectivity index (χ1v) is 7.48. The Balaban J connectivity index is 2.47. The number of halogens is 1. The highest BCUT2D eigenvalue weighted by Gasteiger charge is 2.21. The third-order valence-corrected chi connectivity index (χ3v) is 4.40. The van der Waals surface area contributed by atoms with Crippen molar-refractivity contribution >= 4 is 15.7 Å². The van der Waals surface area contributed by atoms with Gasteiger partial charge in [-0.2, -0.15) is 0 Å². The molecular formula is C14H14FNO4S. The SMILES string of the molecule is COc1cccc(O)c1NS(=O)(=O)c1ccc(F)cc1C. The number of aromatic hydroxyl groups is 1. The van der Waals surface area contributed by atoms with Crippen LogP contribution < -0.4 is 9.46 Å². The fourth-order valence-electron chi connectivity index (χ4n) is 1.90. The number of methoxy groups -OCH3 is 1. The van der Waals surface area contributed by atoms with Crippen LogP contribution in [0.1, 0.15) is 5.56 Å².